The third kappa shape index (κ3) is 3.61. The van der Waals surface area contributed by atoms with Crippen LogP contribution in [-0.4, -0.2) is 30.3 Å². The van der Waals surface area contributed by atoms with Crippen molar-refractivity contribution in [2.75, 3.05) is 16.8 Å². The fourth-order valence-electron chi connectivity index (χ4n) is 5.66. The van der Waals surface area contributed by atoms with Gasteiger partial charge >= 0.3 is 5.97 Å². The van der Waals surface area contributed by atoms with Crippen LogP contribution in [0.25, 0.3) is 0 Å². The van der Waals surface area contributed by atoms with E-state index in [0.717, 1.165) is 17.5 Å². The number of imide groups is 1. The van der Waals surface area contributed by atoms with Crippen LogP contribution < -0.4 is 10.2 Å². The molecule has 1 N–H and O–H groups in total. The topological polar surface area (TPSA) is 92.8 Å². The molecule has 2 bridgehead atoms. The van der Waals surface area contributed by atoms with E-state index < -0.39 is 18.5 Å². The quantitative estimate of drug-likeness (QED) is 0.418. The highest BCUT2D eigenvalue weighted by atomic mass is 16.5. The Kier molecular flexibility index (Phi) is 5.35. The lowest BCUT2D eigenvalue weighted by molar-refractivity contribution is -0.123. The Bertz CT molecular complexity index is 1260. The average Bonchev–Trinajstić information content (AvgIpc) is 3.44. The van der Waals surface area contributed by atoms with Crippen LogP contribution in [0.15, 0.2) is 54.1 Å². The smallest absolute Gasteiger partial charge is 0.338 e. The van der Waals surface area contributed by atoms with Gasteiger partial charge in [-0.2, -0.15) is 0 Å². The monoisotopic (exact) mass is 458 g/mol. The first-order chi connectivity index (χ1) is 16.2. The van der Waals surface area contributed by atoms with Crippen LogP contribution in [0.2, 0.25) is 0 Å². The number of fused-ring (bicyclic) bond motifs is 5. The predicted molar refractivity (Wildman–Crippen MR) is 126 cm³/mol. The van der Waals surface area contributed by atoms with Crippen molar-refractivity contribution in [1.29, 1.82) is 0 Å². The van der Waals surface area contributed by atoms with Crippen LogP contribution in [0.5, 0.6) is 0 Å². The van der Waals surface area contributed by atoms with Crippen molar-refractivity contribution in [3.8, 4) is 0 Å². The molecule has 34 heavy (non-hydrogen) atoms. The van der Waals surface area contributed by atoms with Crippen molar-refractivity contribution in [2.24, 2.45) is 23.7 Å². The normalized spacial score (nSPS) is 24.8. The van der Waals surface area contributed by atoms with Crippen LogP contribution in [0.4, 0.5) is 11.4 Å². The Morgan fingerprint density at radius 1 is 1.03 bits per heavy atom. The maximum absolute atomic E-state index is 13.2. The number of allylic oxidation sites excluding steroid dienone is 2. The largest absolute Gasteiger partial charge is 0.452 e. The summed E-state index contributed by atoms with van der Waals surface area (Å²) in [6.45, 7) is 5.43. The summed E-state index contributed by atoms with van der Waals surface area (Å²) in [7, 11) is 0. The number of ether oxygens (including phenoxy) is 1. The first-order valence-electron chi connectivity index (χ1n) is 11.4. The number of aryl methyl sites for hydroxylation is 2. The van der Waals surface area contributed by atoms with E-state index in [9.17, 15) is 19.2 Å². The molecule has 2 aliphatic carbocycles. The summed E-state index contributed by atoms with van der Waals surface area (Å²) in [6, 6.07) is 11.9. The van der Waals surface area contributed by atoms with Crippen LogP contribution in [0.1, 0.15) is 34.8 Å². The molecule has 1 saturated heterocycles. The first-order valence-corrected chi connectivity index (χ1v) is 11.4. The lowest BCUT2D eigenvalue weighted by Gasteiger charge is -2.19. The van der Waals surface area contributed by atoms with E-state index in [-0.39, 0.29) is 41.0 Å². The zero-order valence-corrected chi connectivity index (χ0v) is 19.3. The van der Waals surface area contributed by atoms with Gasteiger partial charge in [-0.3, -0.25) is 14.4 Å². The van der Waals surface area contributed by atoms with E-state index in [1.165, 1.54) is 22.6 Å². The molecule has 2 aromatic rings. The third-order valence-corrected chi connectivity index (χ3v) is 7.21. The molecule has 1 heterocycles. The molecule has 4 atom stereocenters. The molecule has 0 radical (unpaired) electrons. The minimum Gasteiger partial charge on any atom is -0.452 e. The highest BCUT2D eigenvalue weighted by Gasteiger charge is 2.60. The van der Waals surface area contributed by atoms with E-state index in [1.807, 2.05) is 32.9 Å². The third-order valence-electron chi connectivity index (χ3n) is 7.21. The Balaban J connectivity index is 1.25. The van der Waals surface area contributed by atoms with Crippen molar-refractivity contribution in [2.45, 2.75) is 27.2 Å². The molecule has 0 aromatic heterocycles. The number of hydrogen-bond donors (Lipinski definition) is 1. The first kappa shape index (κ1) is 22.1. The number of benzene rings is 2. The molecule has 7 nitrogen and oxygen atoms in total. The van der Waals surface area contributed by atoms with Gasteiger partial charge in [-0.05, 0) is 68.9 Å². The molecule has 0 unspecified atom stereocenters. The molecule has 3 aliphatic rings. The highest BCUT2D eigenvalue weighted by Crippen LogP contribution is 2.55. The number of esters is 1. The Hall–Kier alpha value is -3.74. The molecule has 0 spiro atoms. The van der Waals surface area contributed by atoms with Crippen molar-refractivity contribution in [1.82, 2.24) is 0 Å². The van der Waals surface area contributed by atoms with E-state index in [4.69, 9.17) is 4.74 Å². The molecule has 2 fully saturated rings. The van der Waals surface area contributed by atoms with Gasteiger partial charge in [0.05, 0.1) is 23.1 Å². The number of nitrogens with zero attached hydrogens (tertiary/aromatic N) is 1. The average molecular weight is 459 g/mol. The van der Waals surface area contributed by atoms with E-state index in [2.05, 4.69) is 11.4 Å². The summed E-state index contributed by atoms with van der Waals surface area (Å²) < 4.78 is 5.18. The Labute approximate surface area is 197 Å². The zero-order valence-electron chi connectivity index (χ0n) is 19.3. The molecule has 7 heteroatoms. The molecule has 5 rings (SSSR count). The van der Waals surface area contributed by atoms with Gasteiger partial charge in [0.25, 0.3) is 5.91 Å². The van der Waals surface area contributed by atoms with Gasteiger partial charge in [-0.25, -0.2) is 9.69 Å². The summed E-state index contributed by atoms with van der Waals surface area (Å²) >= 11 is 0. The van der Waals surface area contributed by atoms with Crippen LogP contribution in [-0.2, 0) is 19.1 Å². The molecule has 2 aromatic carbocycles. The number of hydrogen-bond acceptors (Lipinski definition) is 5. The fourth-order valence-corrected chi connectivity index (χ4v) is 5.66. The summed E-state index contributed by atoms with van der Waals surface area (Å²) in [4.78, 5) is 52.4. The van der Waals surface area contributed by atoms with E-state index in [1.54, 1.807) is 18.2 Å². The lowest BCUT2D eigenvalue weighted by atomic mass is 9.82. The SMILES string of the molecule is CC1=C[C@H]2C[C@H]1[C@H]1C(=O)N(c3cccc(C(=O)OCC(=O)Nc4ccc(C)cc4C)c3)C(=O)[C@H]12. The Morgan fingerprint density at radius 3 is 2.56 bits per heavy atom. The number of rotatable bonds is 5. The molecular weight excluding hydrogens is 432 g/mol. The second-order valence-electron chi connectivity index (χ2n) is 9.47. The number of nitrogens with one attached hydrogen (secondary N) is 1. The van der Waals surface area contributed by atoms with Crippen LogP contribution >= 0.6 is 0 Å². The molecule has 1 saturated carbocycles. The second-order valence-corrected chi connectivity index (χ2v) is 9.47. The number of amides is 3. The van der Waals surface area contributed by atoms with E-state index >= 15 is 0 Å². The van der Waals surface area contributed by atoms with Gasteiger partial charge in [-0.15, -0.1) is 0 Å². The summed E-state index contributed by atoms with van der Waals surface area (Å²) in [5, 5.41) is 2.73. The Morgan fingerprint density at radius 2 is 1.79 bits per heavy atom. The van der Waals surface area contributed by atoms with Gasteiger partial charge in [0, 0.05) is 5.69 Å². The van der Waals surface area contributed by atoms with Gasteiger partial charge in [0.2, 0.25) is 11.8 Å². The van der Waals surface area contributed by atoms with Gasteiger partial charge in [0.1, 0.15) is 0 Å². The van der Waals surface area contributed by atoms with Crippen molar-refractivity contribution in [3.63, 3.8) is 0 Å². The molecule has 3 amide bonds. The second kappa shape index (κ2) is 8.24. The predicted octanol–water partition coefficient (Wildman–Crippen LogP) is 3.80. The van der Waals surface area contributed by atoms with Crippen LogP contribution in [0, 0.1) is 37.5 Å². The lowest BCUT2D eigenvalue weighted by Crippen LogP contribution is -2.33. The van der Waals surface area contributed by atoms with Crippen molar-refractivity contribution in [3.05, 3.63) is 70.8 Å². The van der Waals surface area contributed by atoms with Crippen molar-refractivity contribution < 1.29 is 23.9 Å². The number of anilines is 2. The number of carbonyl (C=O) groups is 4. The van der Waals surface area contributed by atoms with Gasteiger partial charge in [0.15, 0.2) is 6.61 Å². The molecular formula is C27H26N2O5. The highest BCUT2D eigenvalue weighted by molar-refractivity contribution is 6.23. The summed E-state index contributed by atoms with van der Waals surface area (Å²) in [5.74, 6) is -1.95. The standard InChI is InChI=1S/C27H26N2O5/c1-14-7-8-21(16(3)9-14)28-22(30)13-34-27(33)17-5-4-6-19(11-17)29-25(31)23-18-10-15(2)20(12-18)24(23)26(29)32/h4-11,18,20,23-24H,12-13H2,1-3H3,(H,28,30)/t18-,20+,23-,24+/m0/s1. The minimum atomic E-state index is -0.700. The number of carbonyl (C=O) groups excluding carboxylic acids is 4. The van der Waals surface area contributed by atoms with Gasteiger partial charge in [-0.1, -0.05) is 35.4 Å². The maximum atomic E-state index is 13.2. The minimum absolute atomic E-state index is 0.111. The van der Waals surface area contributed by atoms with E-state index in [0.29, 0.717) is 11.4 Å². The van der Waals surface area contributed by atoms with Crippen LogP contribution in [0.3, 0.4) is 0 Å². The van der Waals surface area contributed by atoms with Gasteiger partial charge < -0.3 is 10.1 Å². The molecule has 1 aliphatic heterocycles. The molecule has 174 valence electrons. The summed E-state index contributed by atoms with van der Waals surface area (Å²) in [6.07, 6.45) is 2.99. The zero-order chi connectivity index (χ0) is 24.1. The van der Waals surface area contributed by atoms with Crippen molar-refractivity contribution >= 4 is 35.1 Å². The maximum Gasteiger partial charge on any atom is 0.338 e. The fraction of sp³-hybridized carbons (Fsp3) is 0.333. The summed E-state index contributed by atoms with van der Waals surface area (Å²) in [5.41, 5.74) is 4.37.